The first kappa shape index (κ1) is 87.3. The van der Waals surface area contributed by atoms with Gasteiger partial charge in [0, 0.05) is 62.6 Å². The smallest absolute Gasteiger partial charge is 0.338 e. The van der Waals surface area contributed by atoms with E-state index in [1.54, 1.807) is 62.4 Å². The molecule has 16 rings (SSSR count). The fraction of sp³-hybridized carbons (Fsp3) is 0.113. The highest BCUT2D eigenvalue weighted by atomic mass is 35.5. The molecule has 0 fully saturated rings. The van der Waals surface area contributed by atoms with Crippen molar-refractivity contribution < 1.29 is 19.1 Å². The molecule has 0 radical (unpaired) electrons. The summed E-state index contributed by atoms with van der Waals surface area (Å²) in [6.45, 7) is 18.5. The number of hydrogen-bond donors (Lipinski definition) is 12. The normalized spacial score (nSPS) is 10.4. The van der Waals surface area contributed by atoms with E-state index in [9.17, 15) is 9.59 Å². The van der Waals surface area contributed by atoms with Gasteiger partial charge in [0.05, 0.1) is 35.1 Å². The summed E-state index contributed by atoms with van der Waals surface area (Å²) in [6, 6.07) is 96.8. The van der Waals surface area contributed by atoms with Crippen LogP contribution in [0.4, 0.5) is 140 Å². The summed E-state index contributed by atoms with van der Waals surface area (Å²) in [5, 5.41) is 39.2. The Kier molecular flexibility index (Phi) is 30.3. The largest absolute Gasteiger partial charge is 0.462 e. The van der Waals surface area contributed by atoms with Crippen molar-refractivity contribution >= 4 is 163 Å². The number of esters is 2. The Morgan fingerprint density at radius 3 is 0.651 bits per heavy atom. The summed E-state index contributed by atoms with van der Waals surface area (Å²) in [5.41, 5.74) is 19.2. The summed E-state index contributed by atoms with van der Waals surface area (Å²) >= 11 is 6.28. The Labute approximate surface area is 735 Å². The van der Waals surface area contributed by atoms with Gasteiger partial charge in [-0.05, 0) is 254 Å². The van der Waals surface area contributed by atoms with Crippen LogP contribution in [0.15, 0.2) is 303 Å². The molecule has 12 N–H and O–H groups in total. The van der Waals surface area contributed by atoms with E-state index in [1.165, 1.54) is 11.1 Å². The van der Waals surface area contributed by atoms with Crippen LogP contribution in [0, 0.1) is 48.5 Å². The highest BCUT2D eigenvalue weighted by molar-refractivity contribution is 6.33. The Morgan fingerprint density at radius 2 is 0.421 bits per heavy atom. The lowest BCUT2D eigenvalue weighted by atomic mass is 10.2. The molecule has 0 spiro atoms. The Morgan fingerprint density at radius 1 is 0.222 bits per heavy atom. The molecule has 12 aromatic carbocycles. The van der Waals surface area contributed by atoms with Crippen LogP contribution in [-0.2, 0) is 9.47 Å². The second-order valence-corrected chi connectivity index (χ2v) is 29.0. The van der Waals surface area contributed by atoms with Gasteiger partial charge < -0.3 is 73.3 Å². The van der Waals surface area contributed by atoms with Crippen molar-refractivity contribution in [3.8, 4) is 0 Å². The number of rotatable bonds is 28. The molecule has 0 aliphatic carbocycles. The molecule has 0 atom stereocenters. The summed E-state index contributed by atoms with van der Waals surface area (Å²) in [4.78, 5) is 78.0. The van der Waals surface area contributed by atoms with Gasteiger partial charge in [0.2, 0.25) is 71.4 Å². The van der Waals surface area contributed by atoms with Crippen molar-refractivity contribution in [2.75, 3.05) is 77.0 Å². The molecule has 28 nitrogen and oxygen atoms in total. The monoisotopic (exact) mass is 1690 g/mol. The van der Waals surface area contributed by atoms with Crippen molar-refractivity contribution in [3.05, 3.63) is 358 Å². The zero-order valence-corrected chi connectivity index (χ0v) is 71.4. The molecule has 29 heteroatoms. The molecule has 16 aromatic rings. The molecular formula is C97H93ClN24O4. The molecule has 0 amide bonds. The van der Waals surface area contributed by atoms with Gasteiger partial charge in [0.25, 0.3) is 0 Å². The van der Waals surface area contributed by atoms with E-state index in [4.69, 9.17) is 21.1 Å². The number of nitrogens with zero attached hydrogens (tertiary/aromatic N) is 12. The van der Waals surface area contributed by atoms with Crippen LogP contribution in [-0.4, -0.2) is 85.0 Å². The summed E-state index contributed by atoms with van der Waals surface area (Å²) in [6.07, 6.45) is 0. The average molecular weight is 1690 g/mol. The van der Waals surface area contributed by atoms with Gasteiger partial charge in [-0.15, -0.1) is 0 Å². The van der Waals surface area contributed by atoms with Crippen molar-refractivity contribution in [1.82, 2.24) is 59.8 Å². The van der Waals surface area contributed by atoms with Gasteiger partial charge in [0.1, 0.15) is 0 Å². The predicted octanol–water partition coefficient (Wildman–Crippen LogP) is 23.6. The number of anilines is 24. The molecule has 0 unspecified atom stereocenters. The third-order valence-corrected chi connectivity index (χ3v) is 18.4. The lowest BCUT2D eigenvalue weighted by Crippen LogP contribution is -2.08. The van der Waals surface area contributed by atoms with Crippen LogP contribution < -0.4 is 63.8 Å². The third-order valence-electron chi connectivity index (χ3n) is 18.0. The first-order valence-electron chi connectivity index (χ1n) is 40.4. The number of carbonyl (C=O) groups excluding carboxylic acids is 2. The molecular weight excluding hydrogens is 1600 g/mol. The lowest BCUT2D eigenvalue weighted by Gasteiger charge is -2.12. The number of carbonyl (C=O) groups is 2. The first-order chi connectivity index (χ1) is 61.2. The van der Waals surface area contributed by atoms with Crippen LogP contribution in [0.1, 0.15) is 73.5 Å². The van der Waals surface area contributed by atoms with E-state index in [1.807, 2.05) is 296 Å². The van der Waals surface area contributed by atoms with E-state index in [2.05, 4.69) is 131 Å². The SMILES string of the molecule is CCOC(=O)c1ccc(Nc2nc(Nc3ccc(C)cc3)nc(Nc3cccc(C)c3)n2)cc1.CCOC(=O)c1ccc(Nc2nc(Nc3ccccc3)nc(Nc3cccc(C)c3)n2)cc1.Cc1ccc(Nc2nc(Nc3cccc(C)c3)nc(Nc3ccccc3Cl)n2)cc1.Cc1ccc(Nc2nc(Nc3ccccc3)nc(Nc3cccc(C)c3)n2)cc1. The minimum atomic E-state index is -0.358. The highest BCUT2D eigenvalue weighted by Crippen LogP contribution is 2.30. The minimum Gasteiger partial charge on any atom is -0.462 e. The standard InChI is InChI=1S/C26H26N6O2.C25H24N6O2.C23H21ClN6.C23H22N6/c1-4-34-23(33)19-10-14-21(15-11-19)28-25-30-24(27-20-12-8-17(2)9-13-20)31-26(32-25)29-22-7-5-6-18(3)16-22;1-3-33-22(32)18-12-14-20(15-13-18)27-24-29-23(26-19-9-5-4-6-10-19)30-25(31-24)28-21-11-7-8-17(2)16-21;1-15-10-12-17(13-11-15)25-21-28-22(26-18-7-5-6-16(2)14-18)30-23(29-21)27-20-9-4-3-8-19(20)24;1-16-11-13-19(14-12-16)25-22-27-21(24-18-8-4-3-5-9-18)28-23(29-22)26-20-10-6-7-17(2)15-20/h5-16H,4H2,1-3H3,(H3,27,28,29,30,31,32);4-16H,3H2,1-2H3,(H3,26,27,28,29,30,31);3-14H,1-2H3,(H3,25,26,27,28,29,30);3-15H,1-2H3,(H3,24,25,26,27,28,29). The maximum absolute atomic E-state index is 11.9. The van der Waals surface area contributed by atoms with E-state index in [-0.39, 0.29) is 11.9 Å². The van der Waals surface area contributed by atoms with E-state index < -0.39 is 0 Å². The van der Waals surface area contributed by atoms with Gasteiger partial charge in [-0.3, -0.25) is 0 Å². The van der Waals surface area contributed by atoms with E-state index in [0.29, 0.717) is 106 Å². The predicted molar refractivity (Wildman–Crippen MR) is 506 cm³/mol. The Balaban J connectivity index is 0.000000144. The first-order valence-corrected chi connectivity index (χ1v) is 40.8. The minimum absolute atomic E-state index is 0.331. The third kappa shape index (κ3) is 27.5. The fourth-order valence-corrected chi connectivity index (χ4v) is 12.1. The molecule has 0 saturated carbocycles. The fourth-order valence-electron chi connectivity index (χ4n) is 11.9. The topological polar surface area (TPSA) is 352 Å². The summed E-state index contributed by atoms with van der Waals surface area (Å²) in [7, 11) is 0. The van der Waals surface area contributed by atoms with Gasteiger partial charge in [-0.1, -0.05) is 162 Å². The quantitative estimate of drug-likeness (QED) is 0.0203. The summed E-state index contributed by atoms with van der Waals surface area (Å²) in [5.74, 6) is 4.11. The average Bonchev–Trinajstić information content (AvgIpc) is 0.841. The zero-order valence-electron chi connectivity index (χ0n) is 70.7. The second-order valence-electron chi connectivity index (χ2n) is 28.6. The molecule has 0 bridgehead atoms. The maximum atomic E-state index is 11.9. The number of aromatic nitrogens is 12. The number of benzene rings is 12. The number of nitrogens with one attached hydrogen (secondary N) is 12. The number of halogens is 1. The van der Waals surface area contributed by atoms with Gasteiger partial charge in [-0.2, -0.15) is 59.8 Å². The Bertz CT molecular complexity index is 6290. The highest BCUT2D eigenvalue weighted by Gasteiger charge is 2.17. The van der Waals surface area contributed by atoms with Crippen LogP contribution in [0.25, 0.3) is 0 Å². The maximum Gasteiger partial charge on any atom is 0.338 e. The van der Waals surface area contributed by atoms with Gasteiger partial charge in [0.15, 0.2) is 0 Å². The molecule has 126 heavy (non-hydrogen) atoms. The number of para-hydroxylation sites is 3. The second kappa shape index (κ2) is 43.6. The van der Waals surface area contributed by atoms with E-state index in [0.717, 1.165) is 90.4 Å². The van der Waals surface area contributed by atoms with Gasteiger partial charge >= 0.3 is 11.9 Å². The molecule has 632 valence electrons. The molecule has 4 aromatic heterocycles. The summed E-state index contributed by atoms with van der Waals surface area (Å²) < 4.78 is 10.1. The number of aryl methyl sites for hydroxylation is 7. The van der Waals surface area contributed by atoms with Crippen LogP contribution in [0.2, 0.25) is 5.02 Å². The van der Waals surface area contributed by atoms with Gasteiger partial charge in [-0.25, -0.2) is 9.59 Å². The van der Waals surface area contributed by atoms with Crippen LogP contribution in [0.3, 0.4) is 0 Å². The van der Waals surface area contributed by atoms with Crippen molar-refractivity contribution in [1.29, 1.82) is 0 Å². The van der Waals surface area contributed by atoms with E-state index >= 15 is 0 Å². The van der Waals surface area contributed by atoms with Crippen LogP contribution in [0.5, 0.6) is 0 Å². The number of ether oxygens (including phenoxy) is 2. The number of hydrogen-bond acceptors (Lipinski definition) is 28. The Hall–Kier alpha value is -16.5. The van der Waals surface area contributed by atoms with Crippen molar-refractivity contribution in [2.24, 2.45) is 0 Å². The van der Waals surface area contributed by atoms with Crippen molar-refractivity contribution in [3.63, 3.8) is 0 Å². The molecule has 4 heterocycles. The zero-order chi connectivity index (χ0) is 87.9. The van der Waals surface area contributed by atoms with Crippen molar-refractivity contribution in [2.45, 2.75) is 62.3 Å². The lowest BCUT2D eigenvalue weighted by molar-refractivity contribution is 0.0517. The molecule has 0 aliphatic rings. The van der Waals surface area contributed by atoms with Crippen LogP contribution >= 0.6 is 11.6 Å². The molecule has 0 aliphatic heterocycles. The molecule has 0 saturated heterocycles.